The van der Waals surface area contributed by atoms with E-state index >= 15 is 0 Å². The van der Waals surface area contributed by atoms with E-state index in [0.29, 0.717) is 6.54 Å². The molecule has 2 heterocycles. The zero-order valence-corrected chi connectivity index (χ0v) is 10.5. The number of nitrogens with zero attached hydrogens (tertiary/aromatic N) is 3. The molecule has 0 unspecified atom stereocenters. The van der Waals surface area contributed by atoms with Crippen LogP contribution in [0.15, 0.2) is 0 Å². The number of carboxylic acids is 1. The van der Waals surface area contributed by atoms with Gasteiger partial charge in [0, 0.05) is 39.3 Å². The molecule has 7 heteroatoms. The fourth-order valence-electron chi connectivity index (χ4n) is 2.15. The molecule has 2 rings (SSSR count). The Morgan fingerprint density at radius 3 is 2.56 bits per heavy atom. The number of rotatable bonds is 4. The van der Waals surface area contributed by atoms with Crippen LogP contribution in [-0.4, -0.2) is 90.8 Å². The summed E-state index contributed by atoms with van der Waals surface area (Å²) in [6, 6.07) is 0. The fourth-order valence-corrected chi connectivity index (χ4v) is 2.15. The standard InChI is InChI=1S/C11H19N3O4/c1-12-2-4-13(5-3-12)6-7-14-8-9(10(15)16)18-11(14)17/h9H,2-8H2,1H3,(H,15,16)/t9-/m1/s1. The number of cyclic esters (lactones) is 1. The normalized spacial score (nSPS) is 26.4. The van der Waals surface area contributed by atoms with E-state index in [-0.39, 0.29) is 6.54 Å². The maximum absolute atomic E-state index is 11.4. The number of hydrogen-bond donors (Lipinski definition) is 1. The molecule has 0 saturated carbocycles. The molecule has 2 aliphatic rings. The minimum absolute atomic E-state index is 0.155. The van der Waals surface area contributed by atoms with Crippen LogP contribution in [0, 0.1) is 0 Å². The van der Waals surface area contributed by atoms with E-state index in [2.05, 4.69) is 16.8 Å². The summed E-state index contributed by atoms with van der Waals surface area (Å²) >= 11 is 0. The lowest BCUT2D eigenvalue weighted by Crippen LogP contribution is -2.47. The van der Waals surface area contributed by atoms with Crippen molar-refractivity contribution in [3.63, 3.8) is 0 Å². The molecule has 0 aromatic heterocycles. The van der Waals surface area contributed by atoms with E-state index < -0.39 is 18.2 Å². The lowest BCUT2D eigenvalue weighted by molar-refractivity contribution is -0.144. The molecular weight excluding hydrogens is 238 g/mol. The molecule has 0 radical (unpaired) electrons. The largest absolute Gasteiger partial charge is 0.478 e. The summed E-state index contributed by atoms with van der Waals surface area (Å²) in [4.78, 5) is 28.2. The van der Waals surface area contributed by atoms with Crippen molar-refractivity contribution < 1.29 is 19.4 Å². The predicted octanol–water partition coefficient (Wildman–Crippen LogP) is -0.861. The van der Waals surface area contributed by atoms with Crippen LogP contribution >= 0.6 is 0 Å². The summed E-state index contributed by atoms with van der Waals surface area (Å²) in [6.07, 6.45) is -1.53. The number of ether oxygens (including phenoxy) is 1. The Kier molecular flexibility index (Phi) is 4.03. The van der Waals surface area contributed by atoms with Gasteiger partial charge in [-0.25, -0.2) is 9.59 Å². The van der Waals surface area contributed by atoms with Gasteiger partial charge in [-0.2, -0.15) is 0 Å². The lowest BCUT2D eigenvalue weighted by Gasteiger charge is -2.32. The Hall–Kier alpha value is -1.34. The maximum atomic E-state index is 11.4. The first-order valence-electron chi connectivity index (χ1n) is 6.15. The van der Waals surface area contributed by atoms with Gasteiger partial charge < -0.3 is 19.6 Å². The molecule has 2 aliphatic heterocycles. The summed E-state index contributed by atoms with van der Waals surface area (Å²) in [7, 11) is 2.09. The molecule has 0 bridgehead atoms. The van der Waals surface area contributed by atoms with E-state index in [0.717, 1.165) is 32.7 Å². The second-order valence-corrected chi connectivity index (χ2v) is 4.80. The molecule has 0 spiro atoms. The Balaban J connectivity index is 1.74. The molecule has 0 aromatic rings. The van der Waals surface area contributed by atoms with Gasteiger partial charge >= 0.3 is 12.1 Å². The third-order valence-electron chi connectivity index (χ3n) is 3.44. The van der Waals surface area contributed by atoms with Gasteiger partial charge in [-0.1, -0.05) is 0 Å². The number of aliphatic carboxylic acids is 1. The number of likely N-dealkylation sites (N-methyl/N-ethyl adjacent to an activating group) is 1. The number of amides is 1. The van der Waals surface area contributed by atoms with E-state index in [1.807, 2.05) is 0 Å². The van der Waals surface area contributed by atoms with Gasteiger partial charge in [-0.3, -0.25) is 4.90 Å². The highest BCUT2D eigenvalue weighted by Gasteiger charge is 2.35. The van der Waals surface area contributed by atoms with Crippen molar-refractivity contribution >= 4 is 12.1 Å². The first kappa shape index (κ1) is 13.1. The predicted molar refractivity (Wildman–Crippen MR) is 63.4 cm³/mol. The number of carbonyl (C=O) groups excluding carboxylic acids is 1. The smallest absolute Gasteiger partial charge is 0.410 e. The molecule has 0 aromatic carbocycles. The highest BCUT2D eigenvalue weighted by molar-refractivity contribution is 5.81. The van der Waals surface area contributed by atoms with Gasteiger partial charge in [0.2, 0.25) is 6.10 Å². The molecule has 0 aliphatic carbocycles. The topological polar surface area (TPSA) is 73.3 Å². The first-order chi connectivity index (χ1) is 8.56. The van der Waals surface area contributed by atoms with Crippen molar-refractivity contribution in [2.24, 2.45) is 0 Å². The molecule has 2 fully saturated rings. The average Bonchev–Trinajstić information content (AvgIpc) is 2.70. The number of piperazine rings is 1. The van der Waals surface area contributed by atoms with Crippen LogP contribution in [0.1, 0.15) is 0 Å². The highest BCUT2D eigenvalue weighted by Crippen LogP contribution is 2.11. The van der Waals surface area contributed by atoms with Crippen molar-refractivity contribution in [1.82, 2.24) is 14.7 Å². The highest BCUT2D eigenvalue weighted by atomic mass is 16.6. The van der Waals surface area contributed by atoms with Crippen molar-refractivity contribution in [3.8, 4) is 0 Å². The molecule has 18 heavy (non-hydrogen) atoms. The van der Waals surface area contributed by atoms with Crippen molar-refractivity contribution in [2.45, 2.75) is 6.10 Å². The molecular formula is C11H19N3O4. The summed E-state index contributed by atoms with van der Waals surface area (Å²) in [5.41, 5.74) is 0. The van der Waals surface area contributed by atoms with Crippen molar-refractivity contribution in [1.29, 1.82) is 0 Å². The Morgan fingerprint density at radius 1 is 1.33 bits per heavy atom. The van der Waals surface area contributed by atoms with E-state index in [1.54, 1.807) is 0 Å². The minimum atomic E-state index is -1.08. The molecule has 1 amide bonds. The van der Waals surface area contributed by atoms with Gasteiger partial charge in [0.25, 0.3) is 0 Å². The Labute approximate surface area is 106 Å². The van der Waals surface area contributed by atoms with Crippen molar-refractivity contribution in [3.05, 3.63) is 0 Å². The number of carbonyl (C=O) groups is 2. The average molecular weight is 257 g/mol. The van der Waals surface area contributed by atoms with Gasteiger partial charge in [0.05, 0.1) is 6.54 Å². The van der Waals surface area contributed by atoms with Crippen LogP contribution in [-0.2, 0) is 9.53 Å². The molecule has 2 saturated heterocycles. The van der Waals surface area contributed by atoms with E-state index in [9.17, 15) is 9.59 Å². The van der Waals surface area contributed by atoms with Crippen LogP contribution in [0.3, 0.4) is 0 Å². The second-order valence-electron chi connectivity index (χ2n) is 4.80. The summed E-state index contributed by atoms with van der Waals surface area (Å²) in [6.45, 7) is 5.50. The molecule has 102 valence electrons. The van der Waals surface area contributed by atoms with Crippen LogP contribution in [0.25, 0.3) is 0 Å². The monoisotopic (exact) mass is 257 g/mol. The van der Waals surface area contributed by atoms with Gasteiger partial charge in [0.1, 0.15) is 0 Å². The summed E-state index contributed by atoms with van der Waals surface area (Å²) in [5, 5.41) is 8.78. The zero-order valence-electron chi connectivity index (χ0n) is 10.5. The second kappa shape index (κ2) is 5.53. The minimum Gasteiger partial charge on any atom is -0.478 e. The number of hydrogen-bond acceptors (Lipinski definition) is 5. The summed E-state index contributed by atoms with van der Waals surface area (Å²) < 4.78 is 4.75. The van der Waals surface area contributed by atoms with E-state index in [1.165, 1.54) is 4.90 Å². The third kappa shape index (κ3) is 3.11. The SMILES string of the molecule is CN1CCN(CCN2C[C@H](C(=O)O)OC2=O)CC1. The third-order valence-corrected chi connectivity index (χ3v) is 3.44. The van der Waals surface area contributed by atoms with Crippen LogP contribution in [0.5, 0.6) is 0 Å². The zero-order chi connectivity index (χ0) is 13.1. The molecule has 1 atom stereocenters. The van der Waals surface area contributed by atoms with E-state index in [4.69, 9.17) is 9.84 Å². The maximum Gasteiger partial charge on any atom is 0.410 e. The Morgan fingerprint density at radius 2 is 2.00 bits per heavy atom. The van der Waals surface area contributed by atoms with Gasteiger partial charge in [-0.05, 0) is 7.05 Å². The quantitative estimate of drug-likeness (QED) is 0.706. The van der Waals surface area contributed by atoms with Gasteiger partial charge in [0.15, 0.2) is 0 Å². The van der Waals surface area contributed by atoms with Crippen LogP contribution in [0.4, 0.5) is 4.79 Å². The lowest BCUT2D eigenvalue weighted by atomic mass is 10.3. The summed E-state index contributed by atoms with van der Waals surface area (Å²) in [5.74, 6) is -1.08. The van der Waals surface area contributed by atoms with Crippen LogP contribution in [0.2, 0.25) is 0 Å². The Bertz CT molecular complexity index is 328. The van der Waals surface area contributed by atoms with Crippen molar-refractivity contribution in [2.75, 3.05) is 52.9 Å². The molecule has 7 nitrogen and oxygen atoms in total. The fraction of sp³-hybridized carbons (Fsp3) is 0.818. The van der Waals surface area contributed by atoms with Crippen LogP contribution < -0.4 is 0 Å². The van der Waals surface area contributed by atoms with Gasteiger partial charge in [-0.15, -0.1) is 0 Å². The molecule has 1 N–H and O–H groups in total. The number of carboxylic acid groups (broad SMARTS) is 1. The first-order valence-corrected chi connectivity index (χ1v) is 6.15.